The molecule has 218 valence electrons. The molecule has 3 atom stereocenters. The number of aromatic nitrogens is 1. The summed E-state index contributed by atoms with van der Waals surface area (Å²) in [4.78, 5) is 67.0. The number of carbonyl (C=O) groups excluding carboxylic acids is 3. The smallest absolute Gasteiger partial charge is 0.305 e. The fourth-order valence-corrected chi connectivity index (χ4v) is 7.73. The first-order chi connectivity index (χ1) is 20.7. The third-order valence-electron chi connectivity index (χ3n) is 7.11. The monoisotopic (exact) mass is 618 g/mol. The molecule has 3 heterocycles. The van der Waals surface area contributed by atoms with Gasteiger partial charge in [-0.25, -0.2) is 4.90 Å². The van der Waals surface area contributed by atoms with Crippen LogP contribution >= 0.6 is 23.1 Å². The van der Waals surface area contributed by atoms with Crippen LogP contribution in [-0.4, -0.2) is 46.6 Å². The van der Waals surface area contributed by atoms with Crippen LogP contribution in [0.25, 0.3) is 0 Å². The number of amides is 3. The first-order valence-electron chi connectivity index (χ1n) is 12.9. The number of nitro groups is 1. The minimum absolute atomic E-state index is 0.167. The Morgan fingerprint density at radius 3 is 2.47 bits per heavy atom. The molecule has 0 saturated carbocycles. The van der Waals surface area contributed by atoms with Gasteiger partial charge in [-0.1, -0.05) is 47.4 Å². The van der Waals surface area contributed by atoms with Gasteiger partial charge >= 0.3 is 4.87 Å². The summed E-state index contributed by atoms with van der Waals surface area (Å²) in [7, 11) is 1.44. The Bertz CT molecular complexity index is 1810. The van der Waals surface area contributed by atoms with E-state index in [-0.39, 0.29) is 28.8 Å². The lowest BCUT2D eigenvalue weighted by atomic mass is 9.83. The van der Waals surface area contributed by atoms with Crippen LogP contribution in [-0.2, 0) is 14.4 Å². The number of hydrogen-bond donors (Lipinski definition) is 2. The molecule has 3 aromatic carbocycles. The SMILES string of the molecule is COc1cc([C@H]2c3sc(=O)[nH]c3SC3C(=O)N(c4ccc([N+](=O)[O-])cc4)C(=O)C32)ccc1OCC(=O)Nc1ccccc1. The number of nitrogens with one attached hydrogen (secondary N) is 2. The maximum atomic E-state index is 13.9. The number of methoxy groups -OCH3 is 1. The molecule has 1 saturated heterocycles. The highest BCUT2D eigenvalue weighted by atomic mass is 32.2. The number of benzene rings is 3. The molecule has 2 N–H and O–H groups in total. The van der Waals surface area contributed by atoms with Crippen LogP contribution in [0.2, 0.25) is 0 Å². The summed E-state index contributed by atoms with van der Waals surface area (Å²) in [5.74, 6) is -2.27. The standard InChI is InChI=1S/C29H22N4O8S2/c1-40-20-13-15(7-12-19(20)41-14-21(34)30-16-5-3-2-4-6-16)22-23-25(42-26-24(22)43-29(37)31-26)28(36)32(27(23)35)17-8-10-18(11-9-17)33(38)39/h2-13,22-23,25H,14H2,1H3,(H,30,34)(H,31,37)/t22-,23?,25?/m1/s1. The van der Waals surface area contributed by atoms with Crippen LogP contribution in [0.1, 0.15) is 16.4 Å². The number of para-hydroxylation sites is 1. The number of nitrogens with zero attached hydrogens (tertiary/aromatic N) is 2. The van der Waals surface area contributed by atoms with E-state index < -0.39 is 33.8 Å². The molecule has 2 aliphatic rings. The van der Waals surface area contributed by atoms with Gasteiger partial charge in [-0.05, 0) is 42.0 Å². The van der Waals surface area contributed by atoms with E-state index >= 15 is 0 Å². The average molecular weight is 619 g/mol. The summed E-state index contributed by atoms with van der Waals surface area (Å²) in [5.41, 5.74) is 1.29. The fourth-order valence-electron chi connectivity index (χ4n) is 5.21. The van der Waals surface area contributed by atoms with E-state index in [1.807, 2.05) is 6.07 Å². The van der Waals surface area contributed by atoms with Crippen LogP contribution in [0.5, 0.6) is 11.5 Å². The number of carbonyl (C=O) groups is 3. The van der Waals surface area contributed by atoms with E-state index in [0.717, 1.165) is 28.0 Å². The molecule has 6 rings (SSSR count). The van der Waals surface area contributed by atoms with E-state index in [1.165, 1.54) is 31.4 Å². The number of thioether (sulfide) groups is 1. The molecule has 0 bridgehead atoms. The molecule has 2 unspecified atom stereocenters. The normalized spacial score (nSPS) is 19.0. The van der Waals surface area contributed by atoms with E-state index in [0.29, 0.717) is 32.7 Å². The van der Waals surface area contributed by atoms with Crippen molar-refractivity contribution in [2.24, 2.45) is 5.92 Å². The molecule has 1 fully saturated rings. The number of nitro benzene ring substituents is 1. The van der Waals surface area contributed by atoms with Crippen molar-refractivity contribution < 1.29 is 28.8 Å². The number of thiazole rings is 1. The van der Waals surface area contributed by atoms with Crippen molar-refractivity contribution in [1.82, 2.24) is 4.98 Å². The van der Waals surface area contributed by atoms with Crippen LogP contribution in [0.4, 0.5) is 17.1 Å². The number of anilines is 2. The first-order valence-corrected chi connectivity index (χ1v) is 14.6. The van der Waals surface area contributed by atoms with Crippen molar-refractivity contribution in [2.75, 3.05) is 23.9 Å². The fraction of sp³-hybridized carbons (Fsp3) is 0.172. The Hall–Kier alpha value is -4.95. The number of imide groups is 1. The highest BCUT2D eigenvalue weighted by Crippen LogP contribution is 2.53. The van der Waals surface area contributed by atoms with E-state index in [1.54, 1.807) is 42.5 Å². The van der Waals surface area contributed by atoms with Crippen molar-refractivity contribution in [3.8, 4) is 11.5 Å². The Kier molecular flexibility index (Phi) is 7.46. The Morgan fingerprint density at radius 1 is 1.02 bits per heavy atom. The molecule has 1 aromatic heterocycles. The second-order valence-electron chi connectivity index (χ2n) is 9.65. The molecule has 0 radical (unpaired) electrons. The second-order valence-corrected chi connectivity index (χ2v) is 11.8. The molecular weight excluding hydrogens is 596 g/mol. The molecule has 43 heavy (non-hydrogen) atoms. The largest absolute Gasteiger partial charge is 0.493 e. The number of non-ortho nitro benzene ring substituents is 1. The maximum Gasteiger partial charge on any atom is 0.305 e. The topological polar surface area (TPSA) is 161 Å². The molecule has 0 spiro atoms. The summed E-state index contributed by atoms with van der Waals surface area (Å²) >= 11 is 2.09. The van der Waals surface area contributed by atoms with Gasteiger partial charge in [0.2, 0.25) is 11.8 Å². The molecule has 0 aliphatic carbocycles. The summed E-state index contributed by atoms with van der Waals surface area (Å²) in [5, 5.41) is 13.5. The number of ether oxygens (including phenoxy) is 2. The van der Waals surface area contributed by atoms with Gasteiger partial charge in [-0.2, -0.15) is 0 Å². The lowest BCUT2D eigenvalue weighted by Gasteiger charge is -2.30. The van der Waals surface area contributed by atoms with Gasteiger partial charge in [0.25, 0.3) is 11.6 Å². The van der Waals surface area contributed by atoms with E-state index in [9.17, 15) is 29.3 Å². The van der Waals surface area contributed by atoms with Gasteiger partial charge in [0, 0.05) is 28.6 Å². The molecular formula is C29H22N4O8S2. The predicted molar refractivity (Wildman–Crippen MR) is 159 cm³/mol. The Balaban J connectivity index is 1.30. The number of fused-ring (bicyclic) bond motifs is 2. The third kappa shape index (κ3) is 5.26. The molecule has 3 amide bonds. The average Bonchev–Trinajstić information content (AvgIpc) is 3.50. The summed E-state index contributed by atoms with van der Waals surface area (Å²) in [6.45, 7) is -0.282. The molecule has 12 nitrogen and oxygen atoms in total. The van der Waals surface area contributed by atoms with Crippen molar-refractivity contribution in [3.63, 3.8) is 0 Å². The minimum Gasteiger partial charge on any atom is -0.493 e. The van der Waals surface area contributed by atoms with Crippen LogP contribution < -0.4 is 24.6 Å². The lowest BCUT2D eigenvalue weighted by Crippen LogP contribution is -2.32. The van der Waals surface area contributed by atoms with Gasteiger partial charge in [0.15, 0.2) is 18.1 Å². The quantitative estimate of drug-likeness (QED) is 0.168. The molecule has 4 aromatic rings. The predicted octanol–water partition coefficient (Wildman–Crippen LogP) is 4.17. The highest BCUT2D eigenvalue weighted by Gasteiger charge is 2.56. The van der Waals surface area contributed by atoms with Gasteiger partial charge in [-0.3, -0.25) is 29.3 Å². The van der Waals surface area contributed by atoms with Gasteiger partial charge in [-0.15, -0.1) is 0 Å². The number of hydrogen-bond acceptors (Lipinski definition) is 10. The first kappa shape index (κ1) is 28.2. The van der Waals surface area contributed by atoms with Gasteiger partial charge in [0.1, 0.15) is 5.25 Å². The van der Waals surface area contributed by atoms with E-state index in [4.69, 9.17) is 9.47 Å². The summed E-state index contributed by atoms with van der Waals surface area (Å²) in [6, 6.07) is 19.1. The molecule has 14 heteroatoms. The minimum atomic E-state index is -0.861. The van der Waals surface area contributed by atoms with Crippen molar-refractivity contribution >= 4 is 57.9 Å². The van der Waals surface area contributed by atoms with Crippen molar-refractivity contribution in [1.29, 1.82) is 0 Å². The van der Waals surface area contributed by atoms with Crippen LogP contribution in [0.15, 0.2) is 82.6 Å². The second kappa shape index (κ2) is 11.4. The van der Waals surface area contributed by atoms with E-state index in [2.05, 4.69) is 10.3 Å². The maximum absolute atomic E-state index is 13.9. The zero-order chi connectivity index (χ0) is 30.2. The lowest BCUT2D eigenvalue weighted by molar-refractivity contribution is -0.384. The number of rotatable bonds is 8. The molecule has 2 aliphatic heterocycles. The van der Waals surface area contributed by atoms with Crippen molar-refractivity contribution in [3.05, 3.63) is 103 Å². The zero-order valence-electron chi connectivity index (χ0n) is 22.3. The van der Waals surface area contributed by atoms with Crippen LogP contribution in [0.3, 0.4) is 0 Å². The van der Waals surface area contributed by atoms with Gasteiger partial charge < -0.3 is 19.8 Å². The van der Waals surface area contributed by atoms with Crippen LogP contribution in [0, 0.1) is 16.0 Å². The Morgan fingerprint density at radius 2 is 1.77 bits per heavy atom. The highest BCUT2D eigenvalue weighted by molar-refractivity contribution is 8.00. The van der Waals surface area contributed by atoms with Crippen molar-refractivity contribution in [2.45, 2.75) is 16.2 Å². The number of aromatic amines is 1. The third-order valence-corrected chi connectivity index (χ3v) is 9.51. The number of H-pyrrole nitrogens is 1. The Labute approximate surface area is 251 Å². The zero-order valence-corrected chi connectivity index (χ0v) is 24.0. The van der Waals surface area contributed by atoms with Gasteiger partial charge in [0.05, 0.1) is 28.7 Å². The summed E-state index contributed by atoms with van der Waals surface area (Å²) in [6.07, 6.45) is 0. The summed E-state index contributed by atoms with van der Waals surface area (Å²) < 4.78 is 11.3.